The average Bonchev–Trinajstić information content (AvgIpc) is 2.95. The van der Waals surface area contributed by atoms with Gasteiger partial charge in [-0.3, -0.25) is 9.59 Å². The Morgan fingerprint density at radius 2 is 1.68 bits per heavy atom. The highest BCUT2D eigenvalue weighted by Crippen LogP contribution is 2.19. The largest absolute Gasteiger partial charge is 0.439 e. The Morgan fingerprint density at radius 1 is 1.00 bits per heavy atom. The van der Waals surface area contributed by atoms with Crippen LogP contribution in [0.25, 0.3) is 11.1 Å². The van der Waals surface area contributed by atoms with Crippen molar-refractivity contribution in [2.45, 2.75) is 6.42 Å². The summed E-state index contributed by atoms with van der Waals surface area (Å²) in [5.41, 5.74) is 3.12. The third-order valence-corrected chi connectivity index (χ3v) is 3.92. The first kappa shape index (κ1) is 16.7. The lowest BCUT2D eigenvalue weighted by atomic mass is 10.0. The van der Waals surface area contributed by atoms with Crippen molar-refractivity contribution < 1.29 is 19.1 Å². The first-order valence-electron chi connectivity index (χ1n) is 8.01. The van der Waals surface area contributed by atoms with Gasteiger partial charge in [-0.05, 0) is 16.7 Å². The monoisotopic (exact) mass is 338 g/mol. The third-order valence-electron chi connectivity index (χ3n) is 3.92. The molecule has 0 bridgehead atoms. The van der Waals surface area contributed by atoms with E-state index in [0.29, 0.717) is 0 Å². The quantitative estimate of drug-likeness (QED) is 0.874. The predicted octanol–water partition coefficient (Wildman–Crippen LogP) is 1.99. The Labute approximate surface area is 145 Å². The van der Waals surface area contributed by atoms with Crippen LogP contribution in [-0.2, 0) is 20.7 Å². The summed E-state index contributed by atoms with van der Waals surface area (Å²) in [6.45, 7) is 0.110. The van der Waals surface area contributed by atoms with Gasteiger partial charge >= 0.3 is 6.09 Å². The average molecular weight is 338 g/mol. The minimum atomic E-state index is -0.657. The second-order valence-corrected chi connectivity index (χ2v) is 5.69. The van der Waals surface area contributed by atoms with Crippen LogP contribution in [0.4, 0.5) is 4.79 Å². The fourth-order valence-corrected chi connectivity index (χ4v) is 2.60. The zero-order chi connectivity index (χ0) is 17.6. The summed E-state index contributed by atoms with van der Waals surface area (Å²) in [7, 11) is 0. The highest BCUT2D eigenvalue weighted by molar-refractivity contribution is 5.97. The Kier molecular flexibility index (Phi) is 5.09. The molecule has 1 heterocycles. The van der Waals surface area contributed by atoms with Gasteiger partial charge in [-0.1, -0.05) is 54.6 Å². The van der Waals surface area contributed by atoms with Crippen LogP contribution in [0, 0.1) is 0 Å². The van der Waals surface area contributed by atoms with E-state index in [1.54, 1.807) is 0 Å². The van der Waals surface area contributed by atoms with Gasteiger partial charge in [0.2, 0.25) is 5.91 Å². The standard InChI is InChI=1S/C19H18N2O4/c22-17(20-10-11-21-18(23)13-25-19(21)24)12-14-6-8-16(9-7-14)15-4-2-1-3-5-15/h1-9H,10-13H2,(H,20,22). The molecule has 0 saturated carbocycles. The van der Waals surface area contributed by atoms with Crippen LogP contribution >= 0.6 is 0 Å². The number of hydrogen-bond acceptors (Lipinski definition) is 4. The number of carbonyl (C=O) groups is 3. The summed E-state index contributed by atoms with van der Waals surface area (Å²) >= 11 is 0. The summed E-state index contributed by atoms with van der Waals surface area (Å²) in [6, 6.07) is 17.8. The molecule has 1 fully saturated rings. The lowest BCUT2D eigenvalue weighted by Crippen LogP contribution is -2.38. The van der Waals surface area contributed by atoms with Crippen molar-refractivity contribution in [3.8, 4) is 11.1 Å². The molecule has 6 heteroatoms. The molecule has 1 aliphatic rings. The van der Waals surface area contributed by atoms with E-state index in [1.165, 1.54) is 0 Å². The van der Waals surface area contributed by atoms with E-state index in [2.05, 4.69) is 10.1 Å². The lowest BCUT2D eigenvalue weighted by molar-refractivity contribution is -0.126. The van der Waals surface area contributed by atoms with Crippen molar-refractivity contribution in [3.63, 3.8) is 0 Å². The number of nitrogens with one attached hydrogen (secondary N) is 1. The summed E-state index contributed by atoms with van der Waals surface area (Å²) in [5, 5.41) is 2.70. The molecule has 0 radical (unpaired) electrons. The highest BCUT2D eigenvalue weighted by Gasteiger charge is 2.30. The summed E-state index contributed by atoms with van der Waals surface area (Å²) < 4.78 is 4.60. The molecule has 1 N–H and O–H groups in total. The Bertz CT molecular complexity index is 756. The molecule has 25 heavy (non-hydrogen) atoms. The fraction of sp³-hybridized carbons (Fsp3) is 0.211. The molecule has 3 amide bonds. The molecule has 0 aliphatic carbocycles. The third kappa shape index (κ3) is 4.23. The van der Waals surface area contributed by atoms with E-state index >= 15 is 0 Å². The van der Waals surface area contributed by atoms with Gasteiger partial charge in [0.15, 0.2) is 6.61 Å². The second kappa shape index (κ2) is 7.61. The maximum Gasteiger partial charge on any atom is 0.417 e. The lowest BCUT2D eigenvalue weighted by Gasteiger charge is -2.11. The minimum absolute atomic E-state index is 0.121. The van der Waals surface area contributed by atoms with Gasteiger partial charge in [0.05, 0.1) is 6.42 Å². The molecular weight excluding hydrogens is 320 g/mol. The normalized spacial score (nSPS) is 13.7. The molecule has 0 aromatic heterocycles. The second-order valence-electron chi connectivity index (χ2n) is 5.69. The molecule has 3 rings (SSSR count). The minimum Gasteiger partial charge on any atom is -0.439 e. The van der Waals surface area contributed by atoms with Gasteiger partial charge in [-0.15, -0.1) is 0 Å². The Balaban J connectivity index is 1.48. The van der Waals surface area contributed by atoms with E-state index in [1.807, 2.05) is 54.6 Å². The summed E-state index contributed by atoms with van der Waals surface area (Å²) in [6.07, 6.45) is -0.413. The van der Waals surface area contributed by atoms with E-state index in [0.717, 1.165) is 21.6 Å². The molecule has 1 aliphatic heterocycles. The van der Waals surface area contributed by atoms with E-state index < -0.39 is 6.09 Å². The molecule has 0 spiro atoms. The SMILES string of the molecule is O=C(Cc1ccc(-c2ccccc2)cc1)NCCN1C(=O)COC1=O. The van der Waals surface area contributed by atoms with Crippen molar-refractivity contribution in [2.24, 2.45) is 0 Å². The highest BCUT2D eigenvalue weighted by atomic mass is 16.6. The number of cyclic esters (lactones) is 1. The fourth-order valence-electron chi connectivity index (χ4n) is 2.60. The zero-order valence-corrected chi connectivity index (χ0v) is 13.6. The number of imide groups is 1. The van der Waals surface area contributed by atoms with Gasteiger partial charge in [0, 0.05) is 13.1 Å². The number of nitrogens with zero attached hydrogens (tertiary/aromatic N) is 1. The van der Waals surface area contributed by atoms with Gasteiger partial charge in [0.25, 0.3) is 5.91 Å². The van der Waals surface area contributed by atoms with Gasteiger partial charge in [-0.2, -0.15) is 0 Å². The van der Waals surface area contributed by atoms with Gasteiger partial charge in [-0.25, -0.2) is 9.69 Å². The zero-order valence-electron chi connectivity index (χ0n) is 13.6. The van der Waals surface area contributed by atoms with Crippen molar-refractivity contribution in [1.29, 1.82) is 0 Å². The number of benzene rings is 2. The number of ether oxygens (including phenoxy) is 1. The van der Waals surface area contributed by atoms with Crippen LogP contribution in [0.1, 0.15) is 5.56 Å². The van der Waals surface area contributed by atoms with Crippen molar-refractivity contribution >= 4 is 17.9 Å². The summed E-state index contributed by atoms with van der Waals surface area (Å²) in [4.78, 5) is 35.6. The number of hydrogen-bond donors (Lipinski definition) is 1. The number of rotatable bonds is 6. The Hall–Kier alpha value is -3.15. The van der Waals surface area contributed by atoms with Crippen molar-refractivity contribution in [1.82, 2.24) is 10.2 Å². The molecule has 0 unspecified atom stereocenters. The molecule has 2 aromatic rings. The maximum atomic E-state index is 12.0. The van der Waals surface area contributed by atoms with E-state index in [9.17, 15) is 14.4 Å². The molecule has 1 saturated heterocycles. The molecule has 0 atom stereocenters. The van der Waals surface area contributed by atoms with E-state index in [4.69, 9.17) is 0 Å². The number of carbonyl (C=O) groups excluding carboxylic acids is 3. The smallest absolute Gasteiger partial charge is 0.417 e. The van der Waals surface area contributed by atoms with Gasteiger partial charge in [0.1, 0.15) is 0 Å². The number of amides is 3. The predicted molar refractivity (Wildman–Crippen MR) is 91.7 cm³/mol. The van der Waals surface area contributed by atoms with Crippen LogP contribution in [0.15, 0.2) is 54.6 Å². The molecule has 128 valence electrons. The van der Waals surface area contributed by atoms with E-state index in [-0.39, 0.29) is 37.9 Å². The first-order valence-corrected chi connectivity index (χ1v) is 8.01. The van der Waals surface area contributed by atoms with Gasteiger partial charge < -0.3 is 10.1 Å². The Morgan fingerprint density at radius 3 is 2.32 bits per heavy atom. The molecule has 2 aromatic carbocycles. The maximum absolute atomic E-state index is 12.0. The molecule has 6 nitrogen and oxygen atoms in total. The first-order chi connectivity index (χ1) is 12.1. The molecular formula is C19H18N2O4. The van der Waals surface area contributed by atoms with Crippen LogP contribution in [0.2, 0.25) is 0 Å². The topological polar surface area (TPSA) is 75.7 Å². The summed E-state index contributed by atoms with van der Waals surface area (Å²) in [5.74, 6) is -0.539. The van der Waals surface area contributed by atoms with Crippen LogP contribution in [0.3, 0.4) is 0 Å². The van der Waals surface area contributed by atoms with Crippen molar-refractivity contribution in [2.75, 3.05) is 19.7 Å². The van der Waals surface area contributed by atoms with Crippen LogP contribution in [-0.4, -0.2) is 42.5 Å². The van der Waals surface area contributed by atoms with Crippen LogP contribution < -0.4 is 5.32 Å². The van der Waals surface area contributed by atoms with Crippen molar-refractivity contribution in [3.05, 3.63) is 60.2 Å². The van der Waals surface area contributed by atoms with Crippen LogP contribution in [0.5, 0.6) is 0 Å².